The van der Waals surface area contributed by atoms with Crippen LogP contribution in [0.1, 0.15) is 19.3 Å². The smallest absolute Gasteiger partial charge is 0.401 e. The molecule has 2 rings (SSSR count). The van der Waals surface area contributed by atoms with Gasteiger partial charge in [0.2, 0.25) is 5.91 Å². The number of amides is 1. The van der Waals surface area contributed by atoms with Gasteiger partial charge in [0, 0.05) is 6.54 Å². The Kier molecular flexibility index (Phi) is 3.46. The molecule has 2 aliphatic rings. The summed E-state index contributed by atoms with van der Waals surface area (Å²) in [6.45, 7) is -0.838. The second-order valence-corrected chi connectivity index (χ2v) is 4.85. The average Bonchev–Trinajstić information content (AvgIpc) is 2.89. The van der Waals surface area contributed by atoms with Crippen LogP contribution in [-0.2, 0) is 14.3 Å². The van der Waals surface area contributed by atoms with E-state index in [1.54, 1.807) is 0 Å². The molecule has 0 saturated carbocycles. The molecule has 0 aromatic carbocycles. The van der Waals surface area contributed by atoms with E-state index in [0.29, 0.717) is 19.4 Å². The van der Waals surface area contributed by atoms with Gasteiger partial charge in [-0.2, -0.15) is 13.2 Å². The van der Waals surface area contributed by atoms with E-state index >= 15 is 0 Å². The van der Waals surface area contributed by atoms with E-state index in [2.05, 4.69) is 10.1 Å². The number of carbonyl (C=O) groups excluding carboxylic acids is 2. The predicted molar refractivity (Wildman–Crippen MR) is 58.2 cm³/mol. The van der Waals surface area contributed by atoms with Gasteiger partial charge in [0.25, 0.3) is 0 Å². The van der Waals surface area contributed by atoms with Crippen molar-refractivity contribution in [1.82, 2.24) is 10.2 Å². The minimum Gasteiger partial charge on any atom is -0.468 e. The lowest BCUT2D eigenvalue weighted by Crippen LogP contribution is -2.61. The molecule has 0 radical (unpaired) electrons. The topological polar surface area (TPSA) is 58.6 Å². The number of methoxy groups -OCH3 is 1. The van der Waals surface area contributed by atoms with Crippen LogP contribution in [0.4, 0.5) is 13.2 Å². The number of ether oxygens (including phenoxy) is 1. The number of nitrogens with zero attached hydrogens (tertiary/aromatic N) is 1. The lowest BCUT2D eigenvalue weighted by atomic mass is 9.88. The molecular weight excluding hydrogens is 265 g/mol. The van der Waals surface area contributed by atoms with Crippen LogP contribution in [0.15, 0.2) is 0 Å². The Balaban J connectivity index is 2.25. The number of hydrogen-bond donors (Lipinski definition) is 1. The number of alkyl halides is 3. The number of esters is 1. The SMILES string of the molecule is COC(=O)C1(NCC(F)(F)F)CC(=O)N2CCCC21. The standard InChI is InChI=1S/C11H15F3N2O3/c1-19-9(18)10(15-6-11(12,13)14)5-8(17)16-4-2-3-7(10)16/h7,15H,2-6H2,1H3. The molecule has 2 atom stereocenters. The summed E-state index contributed by atoms with van der Waals surface area (Å²) >= 11 is 0. The van der Waals surface area contributed by atoms with E-state index in [4.69, 9.17) is 0 Å². The molecular formula is C11H15F3N2O3. The van der Waals surface area contributed by atoms with E-state index in [0.717, 1.165) is 7.11 Å². The first-order valence-corrected chi connectivity index (χ1v) is 6.00. The van der Waals surface area contributed by atoms with Gasteiger partial charge in [0.15, 0.2) is 0 Å². The highest BCUT2D eigenvalue weighted by molar-refractivity contribution is 5.94. The predicted octanol–water partition coefficient (Wildman–Crippen LogP) is 0.445. The summed E-state index contributed by atoms with van der Waals surface area (Å²) in [7, 11) is 1.11. The van der Waals surface area contributed by atoms with Crippen molar-refractivity contribution in [3.8, 4) is 0 Å². The Bertz CT molecular complexity index is 399. The molecule has 1 N–H and O–H groups in total. The molecule has 2 heterocycles. The first kappa shape index (κ1) is 14.1. The number of halogens is 3. The van der Waals surface area contributed by atoms with Crippen molar-refractivity contribution in [2.75, 3.05) is 20.2 Å². The van der Waals surface area contributed by atoms with Crippen LogP contribution in [0.2, 0.25) is 0 Å². The largest absolute Gasteiger partial charge is 0.468 e. The minimum atomic E-state index is -4.45. The molecule has 2 unspecified atom stereocenters. The Hall–Kier alpha value is -1.31. The number of rotatable bonds is 3. The van der Waals surface area contributed by atoms with Crippen LogP contribution >= 0.6 is 0 Å². The summed E-state index contributed by atoms with van der Waals surface area (Å²) in [6, 6.07) is -0.546. The van der Waals surface area contributed by atoms with Crippen molar-refractivity contribution in [1.29, 1.82) is 0 Å². The van der Waals surface area contributed by atoms with Crippen LogP contribution in [-0.4, -0.2) is 54.7 Å². The summed E-state index contributed by atoms with van der Waals surface area (Å²) in [4.78, 5) is 25.2. The molecule has 0 aliphatic carbocycles. The number of hydrogen-bond acceptors (Lipinski definition) is 4. The molecule has 0 aromatic rings. The summed E-state index contributed by atoms with van der Waals surface area (Å²) in [5, 5.41) is 2.23. The maximum absolute atomic E-state index is 12.4. The second-order valence-electron chi connectivity index (χ2n) is 4.85. The van der Waals surface area contributed by atoms with E-state index in [1.165, 1.54) is 4.90 Å². The van der Waals surface area contributed by atoms with Crippen molar-refractivity contribution in [2.24, 2.45) is 0 Å². The van der Waals surface area contributed by atoms with Gasteiger partial charge in [-0.05, 0) is 12.8 Å². The zero-order valence-electron chi connectivity index (χ0n) is 10.4. The van der Waals surface area contributed by atoms with Crippen LogP contribution in [0.3, 0.4) is 0 Å². The second kappa shape index (κ2) is 4.66. The Morgan fingerprint density at radius 3 is 2.84 bits per heavy atom. The van der Waals surface area contributed by atoms with Crippen molar-refractivity contribution in [3.63, 3.8) is 0 Å². The first-order chi connectivity index (χ1) is 8.80. The van der Waals surface area contributed by atoms with Crippen molar-refractivity contribution < 1.29 is 27.5 Å². The highest BCUT2D eigenvalue weighted by Gasteiger charge is 2.59. The van der Waals surface area contributed by atoms with Gasteiger partial charge >= 0.3 is 12.1 Å². The van der Waals surface area contributed by atoms with Crippen LogP contribution < -0.4 is 5.32 Å². The van der Waals surface area contributed by atoms with E-state index in [-0.39, 0.29) is 12.3 Å². The third-order valence-electron chi connectivity index (χ3n) is 3.73. The van der Waals surface area contributed by atoms with Crippen molar-refractivity contribution >= 4 is 11.9 Å². The van der Waals surface area contributed by atoms with Gasteiger partial charge in [-0.1, -0.05) is 0 Å². The highest BCUT2D eigenvalue weighted by Crippen LogP contribution is 2.38. The van der Waals surface area contributed by atoms with Crippen molar-refractivity contribution in [3.05, 3.63) is 0 Å². The molecule has 5 nitrogen and oxygen atoms in total. The Morgan fingerprint density at radius 2 is 2.26 bits per heavy atom. The van der Waals surface area contributed by atoms with Crippen LogP contribution in [0, 0.1) is 0 Å². The molecule has 2 aliphatic heterocycles. The quantitative estimate of drug-likeness (QED) is 0.762. The minimum absolute atomic E-state index is 0.277. The zero-order valence-corrected chi connectivity index (χ0v) is 10.4. The maximum atomic E-state index is 12.4. The van der Waals surface area contributed by atoms with Gasteiger partial charge in [0.05, 0.1) is 26.1 Å². The molecule has 108 valence electrons. The van der Waals surface area contributed by atoms with E-state index in [1.807, 2.05) is 0 Å². The third-order valence-corrected chi connectivity index (χ3v) is 3.73. The number of fused-ring (bicyclic) bond motifs is 1. The lowest BCUT2D eigenvalue weighted by Gasteiger charge is -2.33. The maximum Gasteiger partial charge on any atom is 0.401 e. The van der Waals surface area contributed by atoms with Gasteiger partial charge in [-0.25, -0.2) is 4.79 Å². The van der Waals surface area contributed by atoms with Gasteiger partial charge < -0.3 is 9.64 Å². The van der Waals surface area contributed by atoms with E-state index in [9.17, 15) is 22.8 Å². The third kappa shape index (κ3) is 2.41. The average molecular weight is 280 g/mol. The highest BCUT2D eigenvalue weighted by atomic mass is 19.4. The molecule has 0 spiro atoms. The molecule has 2 fully saturated rings. The molecule has 0 aromatic heterocycles. The molecule has 19 heavy (non-hydrogen) atoms. The van der Waals surface area contributed by atoms with Gasteiger partial charge in [-0.3, -0.25) is 10.1 Å². The Labute approximate surface area is 108 Å². The van der Waals surface area contributed by atoms with Gasteiger partial charge in [0.1, 0.15) is 5.54 Å². The normalized spacial score (nSPS) is 30.6. The molecule has 0 bridgehead atoms. The molecule has 8 heteroatoms. The fraction of sp³-hybridized carbons (Fsp3) is 0.818. The summed E-state index contributed by atoms with van der Waals surface area (Å²) in [6.07, 6.45) is -3.54. The first-order valence-electron chi connectivity index (χ1n) is 6.00. The summed E-state index contributed by atoms with van der Waals surface area (Å²) in [5.41, 5.74) is -1.57. The van der Waals surface area contributed by atoms with Crippen molar-refractivity contribution in [2.45, 2.75) is 37.0 Å². The molecule has 1 amide bonds. The monoisotopic (exact) mass is 280 g/mol. The van der Waals surface area contributed by atoms with Crippen LogP contribution in [0.25, 0.3) is 0 Å². The fourth-order valence-corrected chi connectivity index (χ4v) is 2.94. The fourth-order valence-electron chi connectivity index (χ4n) is 2.94. The van der Waals surface area contributed by atoms with Crippen LogP contribution in [0.5, 0.6) is 0 Å². The Morgan fingerprint density at radius 1 is 1.58 bits per heavy atom. The van der Waals surface area contributed by atoms with E-state index < -0.39 is 30.3 Å². The summed E-state index contributed by atoms with van der Waals surface area (Å²) < 4.78 is 41.7. The van der Waals surface area contributed by atoms with Gasteiger partial charge in [-0.15, -0.1) is 0 Å². The number of nitrogens with one attached hydrogen (secondary N) is 1. The zero-order chi connectivity index (χ0) is 14.3. The summed E-state index contributed by atoms with van der Waals surface area (Å²) in [5.74, 6) is -1.11. The lowest BCUT2D eigenvalue weighted by molar-refractivity contribution is -0.155. The molecule has 2 saturated heterocycles. The number of carbonyl (C=O) groups is 2.